The van der Waals surface area contributed by atoms with Crippen LogP contribution in [0, 0.1) is 12.7 Å². The summed E-state index contributed by atoms with van der Waals surface area (Å²) in [5.74, 6) is -0.0557. The van der Waals surface area contributed by atoms with Crippen LogP contribution in [0.2, 0.25) is 0 Å². The zero-order chi connectivity index (χ0) is 13.9. The molecule has 0 bridgehead atoms. The van der Waals surface area contributed by atoms with Gasteiger partial charge in [-0.15, -0.1) is 0 Å². The van der Waals surface area contributed by atoms with Gasteiger partial charge in [-0.05, 0) is 36.8 Å². The van der Waals surface area contributed by atoms with Crippen LogP contribution in [0.5, 0.6) is 5.75 Å². The van der Waals surface area contributed by atoms with Crippen LogP contribution in [0.15, 0.2) is 54.7 Å². The van der Waals surface area contributed by atoms with Gasteiger partial charge in [0.2, 0.25) is 0 Å². The molecule has 0 aliphatic heterocycles. The highest BCUT2D eigenvalue weighted by Gasteiger charge is 2.06. The van der Waals surface area contributed by atoms with E-state index in [0.29, 0.717) is 6.61 Å². The molecule has 0 saturated heterocycles. The number of halogens is 1. The Hall–Kier alpha value is -2.42. The Labute approximate surface area is 116 Å². The molecule has 0 fully saturated rings. The van der Waals surface area contributed by atoms with E-state index in [9.17, 15) is 4.39 Å². The molecule has 0 atom stereocenters. The minimum absolute atomic E-state index is 0.283. The molecule has 0 unspecified atom stereocenters. The highest BCUT2D eigenvalue weighted by Crippen LogP contribution is 2.22. The molecule has 0 radical (unpaired) electrons. The van der Waals surface area contributed by atoms with E-state index < -0.39 is 0 Å². The molecule has 1 heterocycles. The predicted octanol–water partition coefficient (Wildman–Crippen LogP) is 4.26. The van der Waals surface area contributed by atoms with Crippen molar-refractivity contribution in [3.63, 3.8) is 0 Å². The van der Waals surface area contributed by atoms with Gasteiger partial charge in [0.05, 0.1) is 5.52 Å². The second-order valence-electron chi connectivity index (χ2n) is 4.71. The van der Waals surface area contributed by atoms with Gasteiger partial charge < -0.3 is 4.74 Å². The maximum atomic E-state index is 13.6. The Kier molecular flexibility index (Phi) is 3.33. The first-order valence-corrected chi connectivity index (χ1v) is 6.45. The van der Waals surface area contributed by atoms with Crippen LogP contribution in [-0.2, 0) is 6.61 Å². The number of rotatable bonds is 3. The molecule has 2 nitrogen and oxygen atoms in total. The molecule has 3 heteroatoms. The number of fused-ring (bicyclic) bond motifs is 1. The second kappa shape index (κ2) is 5.29. The number of hydrogen-bond acceptors (Lipinski definition) is 2. The van der Waals surface area contributed by atoms with Crippen molar-refractivity contribution >= 4 is 10.9 Å². The molecule has 0 aliphatic rings. The van der Waals surface area contributed by atoms with Crippen molar-refractivity contribution in [2.75, 3.05) is 0 Å². The van der Waals surface area contributed by atoms with E-state index in [2.05, 4.69) is 4.98 Å². The van der Waals surface area contributed by atoms with Gasteiger partial charge in [0.25, 0.3) is 0 Å². The van der Waals surface area contributed by atoms with Gasteiger partial charge in [-0.2, -0.15) is 0 Å². The number of benzene rings is 2. The molecule has 2 aromatic carbocycles. The first kappa shape index (κ1) is 12.6. The first-order chi connectivity index (χ1) is 9.74. The maximum absolute atomic E-state index is 13.6. The van der Waals surface area contributed by atoms with Crippen LogP contribution in [0.4, 0.5) is 4.39 Å². The molecule has 100 valence electrons. The molecular weight excluding hydrogens is 253 g/mol. The monoisotopic (exact) mass is 267 g/mol. The summed E-state index contributed by atoms with van der Waals surface area (Å²) in [6.07, 6.45) is 1.74. The van der Waals surface area contributed by atoms with Gasteiger partial charge in [-0.25, -0.2) is 4.39 Å². The standard InChI is InChI=1S/C17H14FNO/c1-12-6-7-15(18)17(10-12)20-11-13-8-9-19-16-5-3-2-4-14(13)16/h2-10H,11H2,1H3. The number of aromatic nitrogens is 1. The van der Waals surface area contributed by atoms with E-state index in [4.69, 9.17) is 4.74 Å². The van der Waals surface area contributed by atoms with E-state index in [-0.39, 0.29) is 11.6 Å². The maximum Gasteiger partial charge on any atom is 0.165 e. The third-order valence-corrected chi connectivity index (χ3v) is 3.21. The van der Waals surface area contributed by atoms with Gasteiger partial charge in [0.15, 0.2) is 11.6 Å². The summed E-state index contributed by atoms with van der Waals surface area (Å²) in [6.45, 7) is 2.23. The van der Waals surface area contributed by atoms with Crippen molar-refractivity contribution in [2.24, 2.45) is 0 Å². The topological polar surface area (TPSA) is 22.1 Å². The van der Waals surface area contributed by atoms with Gasteiger partial charge in [0.1, 0.15) is 6.61 Å². The lowest BCUT2D eigenvalue weighted by molar-refractivity contribution is 0.291. The largest absolute Gasteiger partial charge is 0.486 e. The smallest absolute Gasteiger partial charge is 0.165 e. The SMILES string of the molecule is Cc1ccc(F)c(OCc2ccnc3ccccc23)c1. The Bertz CT molecular complexity index is 750. The molecule has 0 spiro atoms. The quantitative estimate of drug-likeness (QED) is 0.707. The summed E-state index contributed by atoms with van der Waals surface area (Å²) in [5, 5.41) is 1.03. The minimum atomic E-state index is -0.339. The van der Waals surface area contributed by atoms with Crippen molar-refractivity contribution < 1.29 is 9.13 Å². The molecule has 3 rings (SSSR count). The Balaban J connectivity index is 1.89. The summed E-state index contributed by atoms with van der Waals surface area (Å²) >= 11 is 0. The molecular formula is C17H14FNO. The number of ether oxygens (including phenoxy) is 1. The molecule has 1 aromatic heterocycles. The predicted molar refractivity (Wildman–Crippen MR) is 77.2 cm³/mol. The zero-order valence-corrected chi connectivity index (χ0v) is 11.1. The minimum Gasteiger partial charge on any atom is -0.486 e. The Morgan fingerprint density at radius 1 is 1.10 bits per heavy atom. The van der Waals surface area contributed by atoms with E-state index in [0.717, 1.165) is 22.0 Å². The van der Waals surface area contributed by atoms with Crippen molar-refractivity contribution in [3.8, 4) is 5.75 Å². The number of hydrogen-bond donors (Lipinski definition) is 0. The van der Waals surface area contributed by atoms with E-state index >= 15 is 0 Å². The third-order valence-electron chi connectivity index (χ3n) is 3.21. The van der Waals surface area contributed by atoms with Crippen molar-refractivity contribution in [1.82, 2.24) is 4.98 Å². The van der Waals surface area contributed by atoms with E-state index in [1.165, 1.54) is 6.07 Å². The summed E-state index contributed by atoms with van der Waals surface area (Å²) in [7, 11) is 0. The molecule has 0 amide bonds. The number of aryl methyl sites for hydroxylation is 1. The van der Waals surface area contributed by atoms with Crippen molar-refractivity contribution in [2.45, 2.75) is 13.5 Å². The summed E-state index contributed by atoms with van der Waals surface area (Å²) in [4.78, 5) is 4.30. The first-order valence-electron chi connectivity index (χ1n) is 6.45. The zero-order valence-electron chi connectivity index (χ0n) is 11.1. The van der Waals surface area contributed by atoms with Gasteiger partial charge in [-0.3, -0.25) is 4.98 Å². The fourth-order valence-electron chi connectivity index (χ4n) is 2.16. The fraction of sp³-hybridized carbons (Fsp3) is 0.118. The third kappa shape index (κ3) is 2.48. The highest BCUT2D eigenvalue weighted by molar-refractivity contribution is 5.81. The van der Waals surface area contributed by atoms with Gasteiger partial charge in [-0.1, -0.05) is 24.3 Å². The van der Waals surface area contributed by atoms with Crippen molar-refractivity contribution in [1.29, 1.82) is 0 Å². The molecule has 0 aliphatic carbocycles. The van der Waals surface area contributed by atoms with Crippen LogP contribution < -0.4 is 4.74 Å². The molecule has 0 N–H and O–H groups in total. The van der Waals surface area contributed by atoms with E-state index in [1.54, 1.807) is 18.3 Å². The Morgan fingerprint density at radius 2 is 1.95 bits per heavy atom. The van der Waals surface area contributed by atoms with Crippen molar-refractivity contribution in [3.05, 3.63) is 71.7 Å². The number of para-hydroxylation sites is 1. The summed E-state index contributed by atoms with van der Waals surface area (Å²) < 4.78 is 19.3. The van der Waals surface area contributed by atoms with Crippen LogP contribution in [0.3, 0.4) is 0 Å². The summed E-state index contributed by atoms with van der Waals surface area (Å²) in [6, 6.07) is 14.6. The Morgan fingerprint density at radius 3 is 2.85 bits per heavy atom. The lowest BCUT2D eigenvalue weighted by Crippen LogP contribution is -1.99. The average molecular weight is 267 g/mol. The lowest BCUT2D eigenvalue weighted by Gasteiger charge is -2.10. The normalized spacial score (nSPS) is 10.7. The summed E-state index contributed by atoms with van der Waals surface area (Å²) in [5.41, 5.74) is 2.89. The van der Waals surface area contributed by atoms with Crippen LogP contribution in [-0.4, -0.2) is 4.98 Å². The van der Waals surface area contributed by atoms with Crippen LogP contribution in [0.1, 0.15) is 11.1 Å². The van der Waals surface area contributed by atoms with Gasteiger partial charge in [0, 0.05) is 17.1 Å². The van der Waals surface area contributed by atoms with Crippen LogP contribution in [0.25, 0.3) is 10.9 Å². The lowest BCUT2D eigenvalue weighted by atomic mass is 10.1. The second-order valence-corrected chi connectivity index (χ2v) is 4.71. The molecule has 0 saturated carbocycles. The number of pyridine rings is 1. The highest BCUT2D eigenvalue weighted by atomic mass is 19.1. The molecule has 20 heavy (non-hydrogen) atoms. The van der Waals surface area contributed by atoms with Gasteiger partial charge >= 0.3 is 0 Å². The number of nitrogens with zero attached hydrogens (tertiary/aromatic N) is 1. The van der Waals surface area contributed by atoms with E-state index in [1.807, 2.05) is 37.3 Å². The van der Waals surface area contributed by atoms with Crippen LogP contribution >= 0.6 is 0 Å². The average Bonchev–Trinajstić information content (AvgIpc) is 2.48. The molecule has 3 aromatic rings. The fourth-order valence-corrected chi connectivity index (χ4v) is 2.16.